The molecule has 0 bridgehead atoms. The Bertz CT molecular complexity index is 1020. The summed E-state index contributed by atoms with van der Waals surface area (Å²) in [7, 11) is 0. The number of fused-ring (bicyclic) bond motifs is 1. The Morgan fingerprint density at radius 3 is 2.71 bits per heavy atom. The van der Waals surface area contributed by atoms with Crippen LogP contribution in [0.15, 0.2) is 63.7 Å². The fraction of sp³-hybridized carbons (Fsp3) is 0.0556. The third-order valence-corrected chi connectivity index (χ3v) is 4.35. The molecule has 24 heavy (non-hydrogen) atoms. The van der Waals surface area contributed by atoms with Crippen molar-refractivity contribution in [3.63, 3.8) is 0 Å². The molecule has 0 amide bonds. The molecular weight excluding hydrogens is 370 g/mol. The van der Waals surface area contributed by atoms with E-state index in [-0.39, 0.29) is 0 Å². The molecule has 2 heterocycles. The smallest absolute Gasteiger partial charge is 0.246 e. The van der Waals surface area contributed by atoms with Gasteiger partial charge in [0.15, 0.2) is 6.29 Å². The van der Waals surface area contributed by atoms with E-state index in [9.17, 15) is 4.79 Å². The molecule has 0 N–H and O–H groups in total. The lowest BCUT2D eigenvalue weighted by Crippen LogP contribution is -1.98. The van der Waals surface area contributed by atoms with Crippen LogP contribution in [-0.2, 0) is 6.54 Å². The van der Waals surface area contributed by atoms with Gasteiger partial charge in [-0.2, -0.15) is 4.98 Å². The first-order valence-corrected chi connectivity index (χ1v) is 8.15. The van der Waals surface area contributed by atoms with Crippen molar-refractivity contribution < 1.29 is 9.32 Å². The zero-order chi connectivity index (χ0) is 16.5. The predicted octanol–water partition coefficient (Wildman–Crippen LogP) is 4.31. The highest BCUT2D eigenvalue weighted by Crippen LogP contribution is 2.22. The zero-order valence-electron chi connectivity index (χ0n) is 12.5. The van der Waals surface area contributed by atoms with E-state index in [0.29, 0.717) is 23.8 Å². The second-order valence-electron chi connectivity index (χ2n) is 5.37. The van der Waals surface area contributed by atoms with Crippen molar-refractivity contribution in [2.75, 3.05) is 0 Å². The summed E-state index contributed by atoms with van der Waals surface area (Å²) < 4.78 is 8.30. The second-order valence-corrected chi connectivity index (χ2v) is 6.28. The number of aromatic nitrogens is 3. The van der Waals surface area contributed by atoms with E-state index < -0.39 is 0 Å². The first-order valence-electron chi connectivity index (χ1n) is 7.36. The van der Waals surface area contributed by atoms with Crippen LogP contribution in [0.1, 0.15) is 16.2 Å². The third kappa shape index (κ3) is 2.65. The molecule has 2 aromatic carbocycles. The summed E-state index contributed by atoms with van der Waals surface area (Å²) in [4.78, 5) is 15.7. The summed E-state index contributed by atoms with van der Waals surface area (Å²) in [5.41, 5.74) is 2.50. The van der Waals surface area contributed by atoms with Gasteiger partial charge in [0.25, 0.3) is 0 Å². The van der Waals surface area contributed by atoms with Gasteiger partial charge in [0, 0.05) is 32.7 Å². The van der Waals surface area contributed by atoms with E-state index in [1.54, 1.807) is 6.20 Å². The average molecular weight is 382 g/mol. The summed E-state index contributed by atoms with van der Waals surface area (Å²) in [5.74, 6) is 1.04. The molecule has 0 atom stereocenters. The Labute approximate surface area is 146 Å². The van der Waals surface area contributed by atoms with Gasteiger partial charge in [-0.25, -0.2) is 0 Å². The van der Waals surface area contributed by atoms with Crippen molar-refractivity contribution in [3.8, 4) is 11.4 Å². The standard InChI is InChI=1S/C18H12BrN3O2/c19-14-7-5-12(6-8-14)18-20-17(24-21-18)10-22-9-13(11-23)15-3-1-2-4-16(15)22/h1-9,11H,10H2. The van der Waals surface area contributed by atoms with E-state index in [2.05, 4.69) is 26.1 Å². The van der Waals surface area contributed by atoms with Gasteiger partial charge >= 0.3 is 0 Å². The van der Waals surface area contributed by atoms with Gasteiger partial charge in [-0.3, -0.25) is 4.79 Å². The highest BCUT2D eigenvalue weighted by Gasteiger charge is 2.12. The summed E-state index contributed by atoms with van der Waals surface area (Å²) in [6.07, 6.45) is 2.67. The number of nitrogens with zero attached hydrogens (tertiary/aromatic N) is 3. The van der Waals surface area contributed by atoms with Crippen molar-refractivity contribution in [1.29, 1.82) is 0 Å². The maximum atomic E-state index is 11.2. The van der Waals surface area contributed by atoms with Crippen molar-refractivity contribution in [1.82, 2.24) is 14.7 Å². The Kier molecular flexibility index (Phi) is 3.74. The zero-order valence-corrected chi connectivity index (χ0v) is 14.1. The number of carbonyl (C=O) groups is 1. The Morgan fingerprint density at radius 2 is 1.92 bits per heavy atom. The lowest BCUT2D eigenvalue weighted by Gasteiger charge is -2.00. The fourth-order valence-electron chi connectivity index (χ4n) is 2.68. The van der Waals surface area contributed by atoms with Gasteiger partial charge in [0.2, 0.25) is 11.7 Å². The monoisotopic (exact) mass is 381 g/mol. The largest absolute Gasteiger partial charge is 0.337 e. The minimum Gasteiger partial charge on any atom is -0.337 e. The maximum Gasteiger partial charge on any atom is 0.246 e. The van der Waals surface area contributed by atoms with E-state index in [0.717, 1.165) is 27.2 Å². The topological polar surface area (TPSA) is 60.9 Å². The van der Waals surface area contributed by atoms with Crippen molar-refractivity contribution in [2.45, 2.75) is 6.54 Å². The van der Waals surface area contributed by atoms with Gasteiger partial charge in [0.05, 0.1) is 0 Å². The molecule has 118 valence electrons. The molecule has 0 saturated heterocycles. The minimum absolute atomic E-state index is 0.415. The van der Waals surface area contributed by atoms with Crippen LogP contribution >= 0.6 is 15.9 Å². The van der Waals surface area contributed by atoms with Gasteiger partial charge in [-0.15, -0.1) is 0 Å². The number of carbonyl (C=O) groups excluding carboxylic acids is 1. The molecule has 4 aromatic rings. The maximum absolute atomic E-state index is 11.2. The number of hydrogen-bond donors (Lipinski definition) is 0. The second kappa shape index (κ2) is 6.05. The number of aldehydes is 1. The lowest BCUT2D eigenvalue weighted by atomic mass is 10.2. The highest BCUT2D eigenvalue weighted by molar-refractivity contribution is 9.10. The molecule has 0 radical (unpaired) electrons. The molecule has 0 aliphatic heterocycles. The molecule has 6 heteroatoms. The molecule has 2 aromatic heterocycles. The van der Waals surface area contributed by atoms with Gasteiger partial charge in [0.1, 0.15) is 6.54 Å². The quantitative estimate of drug-likeness (QED) is 0.494. The van der Waals surface area contributed by atoms with Crippen LogP contribution in [-0.4, -0.2) is 21.0 Å². The van der Waals surface area contributed by atoms with Crippen LogP contribution in [0.25, 0.3) is 22.3 Å². The normalized spacial score (nSPS) is 11.0. The molecule has 4 rings (SSSR count). The molecule has 0 spiro atoms. The molecule has 0 unspecified atom stereocenters. The Morgan fingerprint density at radius 1 is 1.12 bits per heavy atom. The van der Waals surface area contributed by atoms with Crippen LogP contribution in [0.5, 0.6) is 0 Å². The summed E-state index contributed by atoms with van der Waals surface area (Å²) in [6.45, 7) is 0.415. The minimum atomic E-state index is 0.415. The molecule has 0 fully saturated rings. The number of benzene rings is 2. The summed E-state index contributed by atoms with van der Waals surface area (Å²) in [6, 6.07) is 15.5. The Hall–Kier alpha value is -2.73. The molecule has 0 saturated carbocycles. The van der Waals surface area contributed by atoms with E-state index in [1.165, 1.54) is 0 Å². The SMILES string of the molecule is O=Cc1cn(Cc2nc(-c3ccc(Br)cc3)no2)c2ccccc12. The average Bonchev–Trinajstić information content (AvgIpc) is 3.21. The molecule has 0 aliphatic carbocycles. The lowest BCUT2D eigenvalue weighted by molar-refractivity contribution is 0.112. The van der Waals surface area contributed by atoms with E-state index >= 15 is 0 Å². The number of para-hydroxylation sites is 1. The molecule has 0 aliphatic rings. The van der Waals surface area contributed by atoms with Crippen LogP contribution in [0.2, 0.25) is 0 Å². The molecule has 5 nitrogen and oxygen atoms in total. The van der Waals surface area contributed by atoms with Gasteiger partial charge in [-0.1, -0.05) is 39.3 Å². The number of halogens is 1. The first kappa shape index (κ1) is 14.8. The fourth-order valence-corrected chi connectivity index (χ4v) is 2.95. The van der Waals surface area contributed by atoms with Crippen LogP contribution in [0, 0.1) is 0 Å². The Balaban J connectivity index is 1.67. The van der Waals surface area contributed by atoms with E-state index in [1.807, 2.05) is 53.1 Å². The van der Waals surface area contributed by atoms with Crippen molar-refractivity contribution in [2.24, 2.45) is 0 Å². The number of hydrogen-bond acceptors (Lipinski definition) is 4. The highest BCUT2D eigenvalue weighted by atomic mass is 79.9. The number of rotatable bonds is 4. The van der Waals surface area contributed by atoms with Crippen molar-refractivity contribution >= 4 is 33.1 Å². The van der Waals surface area contributed by atoms with Crippen LogP contribution in [0.4, 0.5) is 0 Å². The van der Waals surface area contributed by atoms with Crippen LogP contribution in [0.3, 0.4) is 0 Å². The predicted molar refractivity (Wildman–Crippen MR) is 93.9 cm³/mol. The third-order valence-electron chi connectivity index (χ3n) is 3.82. The molecular formula is C18H12BrN3O2. The van der Waals surface area contributed by atoms with E-state index in [4.69, 9.17) is 4.52 Å². The summed E-state index contributed by atoms with van der Waals surface area (Å²) >= 11 is 3.40. The summed E-state index contributed by atoms with van der Waals surface area (Å²) in [5, 5.41) is 4.95. The van der Waals surface area contributed by atoms with Crippen LogP contribution < -0.4 is 0 Å². The first-order chi connectivity index (χ1) is 11.7. The van der Waals surface area contributed by atoms with Gasteiger partial charge < -0.3 is 9.09 Å². The van der Waals surface area contributed by atoms with Gasteiger partial charge in [-0.05, 0) is 30.3 Å². The van der Waals surface area contributed by atoms with Crippen molar-refractivity contribution in [3.05, 3.63) is 70.7 Å².